The number of rotatable bonds is 6. The lowest BCUT2D eigenvalue weighted by Gasteiger charge is -2.25. The Labute approximate surface area is 247 Å². The molecule has 5 aromatic rings. The Morgan fingerprint density at radius 1 is 1.07 bits per heavy atom. The number of non-ortho nitro benzene ring substituents is 1. The first-order valence-electron chi connectivity index (χ1n) is 12.8. The number of furan rings is 1. The average molecular weight is 597 g/mol. The number of fused-ring (bicyclic) bond motifs is 1. The van der Waals surface area contributed by atoms with Gasteiger partial charge >= 0.3 is 0 Å². The molecule has 3 aromatic carbocycles. The summed E-state index contributed by atoms with van der Waals surface area (Å²) in [5, 5.41) is 14.6. The van der Waals surface area contributed by atoms with Crippen LogP contribution in [0.1, 0.15) is 24.3 Å². The maximum Gasteiger partial charge on any atom is 0.271 e. The monoisotopic (exact) mass is 596 g/mol. The van der Waals surface area contributed by atoms with E-state index in [0.29, 0.717) is 54.0 Å². The van der Waals surface area contributed by atoms with Gasteiger partial charge in [-0.2, -0.15) is 0 Å². The van der Waals surface area contributed by atoms with Crippen LogP contribution in [0, 0.1) is 10.1 Å². The molecule has 0 radical (unpaired) electrons. The van der Waals surface area contributed by atoms with Gasteiger partial charge in [-0.25, -0.2) is 4.99 Å². The maximum atomic E-state index is 13.9. The number of carbonyl (C=O) groups is 1. The number of halogens is 1. The van der Waals surface area contributed by atoms with E-state index in [-0.39, 0.29) is 17.2 Å². The summed E-state index contributed by atoms with van der Waals surface area (Å²) in [6.45, 7) is 1.75. The van der Waals surface area contributed by atoms with Crippen molar-refractivity contribution < 1.29 is 14.1 Å². The quantitative estimate of drug-likeness (QED) is 0.199. The highest BCUT2D eigenvalue weighted by molar-refractivity contribution is 7.07. The average Bonchev–Trinajstić information content (AvgIpc) is 3.57. The lowest BCUT2D eigenvalue weighted by Crippen LogP contribution is -2.40. The molecular weight excluding hydrogens is 576 g/mol. The molecule has 0 aliphatic carbocycles. The number of nitro groups is 1. The first-order valence-corrected chi connectivity index (χ1v) is 14.0. The van der Waals surface area contributed by atoms with E-state index in [1.807, 2.05) is 18.2 Å². The number of anilines is 1. The highest BCUT2D eigenvalue weighted by atomic mass is 35.5. The zero-order valence-corrected chi connectivity index (χ0v) is 23.6. The first-order chi connectivity index (χ1) is 20.3. The Morgan fingerprint density at radius 2 is 1.83 bits per heavy atom. The molecule has 1 amide bonds. The highest BCUT2D eigenvalue weighted by Crippen LogP contribution is 2.31. The van der Waals surface area contributed by atoms with Crippen molar-refractivity contribution in [2.45, 2.75) is 13.0 Å². The lowest BCUT2D eigenvalue weighted by atomic mass is 9.95. The Hall–Kier alpha value is -5.06. The minimum Gasteiger partial charge on any atom is -0.457 e. The molecule has 42 heavy (non-hydrogen) atoms. The summed E-state index contributed by atoms with van der Waals surface area (Å²) in [5.74, 6) is 0.444. The number of nitro benzene ring substituents is 1. The molecule has 0 saturated carbocycles. The fourth-order valence-electron chi connectivity index (χ4n) is 4.78. The third kappa shape index (κ3) is 5.20. The Morgan fingerprint density at radius 3 is 2.57 bits per heavy atom. The van der Waals surface area contributed by atoms with Crippen molar-refractivity contribution in [1.82, 2.24) is 4.57 Å². The van der Waals surface area contributed by atoms with E-state index in [4.69, 9.17) is 16.0 Å². The van der Waals surface area contributed by atoms with Gasteiger partial charge in [0.25, 0.3) is 17.2 Å². The molecule has 1 aliphatic rings. The van der Waals surface area contributed by atoms with Crippen molar-refractivity contribution in [3.63, 3.8) is 0 Å². The van der Waals surface area contributed by atoms with Crippen LogP contribution in [0.25, 0.3) is 17.4 Å². The molecular formula is C31H21ClN4O5S. The number of carbonyl (C=O) groups excluding carboxylic acids is 1. The number of thiazole rings is 1. The summed E-state index contributed by atoms with van der Waals surface area (Å²) in [6, 6.07) is 24.8. The minimum atomic E-state index is -0.749. The second-order valence-corrected chi connectivity index (χ2v) is 10.9. The van der Waals surface area contributed by atoms with Crippen LogP contribution in [0.15, 0.2) is 116 Å². The molecule has 1 atom stereocenters. The maximum absolute atomic E-state index is 13.9. The van der Waals surface area contributed by atoms with Gasteiger partial charge in [-0.05, 0) is 48.9 Å². The van der Waals surface area contributed by atoms with Gasteiger partial charge in [-0.15, -0.1) is 0 Å². The van der Waals surface area contributed by atoms with Gasteiger partial charge < -0.3 is 9.73 Å². The number of benzene rings is 3. The second-order valence-electron chi connectivity index (χ2n) is 9.46. The molecule has 1 N–H and O–H groups in total. The van der Waals surface area contributed by atoms with Crippen molar-refractivity contribution in [1.29, 1.82) is 0 Å². The summed E-state index contributed by atoms with van der Waals surface area (Å²) in [5.41, 5.74) is 2.29. The fraction of sp³-hybridized carbons (Fsp3) is 0.0645. The van der Waals surface area contributed by atoms with Crippen molar-refractivity contribution in [3.05, 3.63) is 148 Å². The number of amides is 1. The molecule has 11 heteroatoms. The number of hydrogen-bond donors (Lipinski definition) is 1. The van der Waals surface area contributed by atoms with Gasteiger partial charge in [-0.3, -0.25) is 24.3 Å². The number of aromatic nitrogens is 1. The largest absolute Gasteiger partial charge is 0.457 e. The molecule has 1 unspecified atom stereocenters. The van der Waals surface area contributed by atoms with Crippen LogP contribution in [0.4, 0.5) is 11.4 Å². The van der Waals surface area contributed by atoms with Crippen LogP contribution < -0.4 is 20.2 Å². The second kappa shape index (κ2) is 11.1. The summed E-state index contributed by atoms with van der Waals surface area (Å²) < 4.78 is 7.79. The molecule has 0 spiro atoms. The Bertz CT molecular complexity index is 2060. The molecule has 6 rings (SSSR count). The van der Waals surface area contributed by atoms with Gasteiger partial charge in [0.05, 0.1) is 26.8 Å². The van der Waals surface area contributed by atoms with Gasteiger partial charge in [0.15, 0.2) is 4.80 Å². The van der Waals surface area contributed by atoms with E-state index < -0.39 is 11.0 Å². The highest BCUT2D eigenvalue weighted by Gasteiger charge is 2.32. The Balaban J connectivity index is 1.43. The molecule has 3 heterocycles. The molecule has 2 aromatic heterocycles. The number of nitrogens with one attached hydrogen (secondary N) is 1. The predicted molar refractivity (Wildman–Crippen MR) is 161 cm³/mol. The van der Waals surface area contributed by atoms with Gasteiger partial charge in [0.2, 0.25) is 0 Å². The predicted octanol–water partition coefficient (Wildman–Crippen LogP) is 5.70. The van der Waals surface area contributed by atoms with Crippen LogP contribution >= 0.6 is 22.9 Å². The fourth-order valence-corrected chi connectivity index (χ4v) is 5.93. The van der Waals surface area contributed by atoms with Gasteiger partial charge in [-0.1, -0.05) is 65.4 Å². The third-order valence-corrected chi connectivity index (χ3v) is 7.96. The summed E-state index contributed by atoms with van der Waals surface area (Å²) in [4.78, 5) is 43.3. The van der Waals surface area contributed by atoms with E-state index in [1.165, 1.54) is 28.0 Å². The van der Waals surface area contributed by atoms with E-state index in [2.05, 4.69) is 10.3 Å². The molecule has 9 nitrogen and oxygen atoms in total. The molecule has 0 fully saturated rings. The lowest BCUT2D eigenvalue weighted by molar-refractivity contribution is -0.384. The van der Waals surface area contributed by atoms with E-state index in [1.54, 1.807) is 73.7 Å². The van der Waals surface area contributed by atoms with Crippen LogP contribution in [0.2, 0.25) is 5.02 Å². The smallest absolute Gasteiger partial charge is 0.271 e. The zero-order chi connectivity index (χ0) is 29.4. The number of hydrogen-bond acceptors (Lipinski definition) is 7. The van der Waals surface area contributed by atoms with Crippen molar-refractivity contribution >= 4 is 46.3 Å². The number of para-hydroxylation sites is 1. The summed E-state index contributed by atoms with van der Waals surface area (Å²) >= 11 is 7.33. The van der Waals surface area contributed by atoms with Crippen molar-refractivity contribution in [2.24, 2.45) is 4.99 Å². The Kier molecular flexibility index (Phi) is 7.15. The normalized spacial score (nSPS) is 14.8. The van der Waals surface area contributed by atoms with E-state index >= 15 is 0 Å². The third-order valence-electron chi connectivity index (χ3n) is 6.73. The van der Waals surface area contributed by atoms with Crippen LogP contribution in [-0.2, 0) is 4.79 Å². The summed E-state index contributed by atoms with van der Waals surface area (Å²) in [7, 11) is 0. The molecule has 1 aliphatic heterocycles. The van der Waals surface area contributed by atoms with Crippen LogP contribution in [0.5, 0.6) is 0 Å². The van der Waals surface area contributed by atoms with Crippen molar-refractivity contribution in [2.75, 3.05) is 5.32 Å². The molecule has 0 saturated heterocycles. The first kappa shape index (κ1) is 27.1. The van der Waals surface area contributed by atoms with Crippen LogP contribution in [0.3, 0.4) is 0 Å². The van der Waals surface area contributed by atoms with Gasteiger partial charge in [0.1, 0.15) is 11.5 Å². The minimum absolute atomic E-state index is 0.0524. The van der Waals surface area contributed by atoms with Crippen LogP contribution in [-0.4, -0.2) is 15.4 Å². The topological polar surface area (TPSA) is 120 Å². The van der Waals surface area contributed by atoms with E-state index in [0.717, 1.165) is 0 Å². The zero-order valence-electron chi connectivity index (χ0n) is 22.0. The number of nitrogens with zero attached hydrogens (tertiary/aromatic N) is 3. The number of allylic oxidation sites excluding steroid dienone is 1. The van der Waals surface area contributed by atoms with E-state index in [9.17, 15) is 19.7 Å². The standard InChI is InChI=1S/C31H21ClN4O5S/c1-18-27(29(37)34-22-7-3-2-4-8-22)28(19-10-12-21(32)13-11-19)35-30(38)26(42-31(35)33-18)17-24-14-15-25(41-24)20-6-5-9-23(16-20)36(39)40/h2-17,28H,1H3,(H,34,37)/b26-17-. The SMILES string of the molecule is CC1=C(C(=O)Nc2ccccc2)C(c2ccc(Cl)cc2)n2c(s/c(=C\c3ccc(-c4cccc([N+](=O)[O-])c4)o3)c2=O)=N1. The molecule has 208 valence electrons. The van der Waals surface area contributed by atoms with Crippen molar-refractivity contribution in [3.8, 4) is 11.3 Å². The van der Waals surface area contributed by atoms with Gasteiger partial charge in [0, 0.05) is 34.5 Å². The summed E-state index contributed by atoms with van der Waals surface area (Å²) in [6.07, 6.45) is 1.60. The molecule has 0 bridgehead atoms.